The normalized spacial score (nSPS) is 23.6. The molecule has 2 amide bonds. The van der Waals surface area contributed by atoms with Gasteiger partial charge in [-0.05, 0) is 42.7 Å². The Morgan fingerprint density at radius 2 is 1.93 bits per heavy atom. The largest absolute Gasteiger partial charge is 0.493 e. The van der Waals surface area contributed by atoms with Gasteiger partial charge in [0.2, 0.25) is 11.8 Å². The summed E-state index contributed by atoms with van der Waals surface area (Å²) >= 11 is 0. The monoisotopic (exact) mass is 554 g/mol. The fourth-order valence-electron chi connectivity index (χ4n) is 6.17. The SMILES string of the molecule is COc1cc(CO)cc2c1O[C@@H]1[C@@H](O)[C@H](N(Cc3ccccc3F)C(=O)C3CCCC3)C=C(C(=O)NCCO)[C@H]21. The number of nitrogens with one attached hydrogen (secondary N) is 1. The second-order valence-electron chi connectivity index (χ2n) is 10.6. The van der Waals surface area contributed by atoms with Gasteiger partial charge in [-0.15, -0.1) is 0 Å². The maximum absolute atomic E-state index is 14.8. The van der Waals surface area contributed by atoms with Gasteiger partial charge in [0.15, 0.2) is 11.5 Å². The maximum atomic E-state index is 14.8. The summed E-state index contributed by atoms with van der Waals surface area (Å²) in [5.41, 5.74) is 1.67. The smallest absolute Gasteiger partial charge is 0.247 e. The second kappa shape index (κ2) is 12.0. The average Bonchev–Trinajstić information content (AvgIpc) is 3.64. The standard InChI is InChI=1S/C30H35FN2O7/c1-39-24-13-17(16-35)12-20-25-21(29(37)32-10-11-34)14-23(26(36)28(25)40-27(20)24)33(30(38)18-6-2-3-7-18)15-19-8-4-5-9-22(19)31/h4-5,8-9,12-14,18,23,25-26,28,34-36H,2-3,6-7,10-11,15-16H2,1H3,(H,32,37)/t23-,25+,26+,28+/m1/s1. The molecule has 0 saturated heterocycles. The van der Waals surface area contributed by atoms with E-state index in [0.717, 1.165) is 12.8 Å². The van der Waals surface area contributed by atoms with Crippen LogP contribution in [0.3, 0.4) is 0 Å². The lowest BCUT2D eigenvalue weighted by atomic mass is 9.77. The lowest BCUT2D eigenvalue weighted by Crippen LogP contribution is -2.56. The number of halogens is 1. The van der Waals surface area contributed by atoms with E-state index in [1.165, 1.54) is 18.1 Å². The predicted octanol–water partition coefficient (Wildman–Crippen LogP) is 2.17. The molecule has 2 aromatic carbocycles. The summed E-state index contributed by atoms with van der Waals surface area (Å²) in [7, 11) is 1.46. The summed E-state index contributed by atoms with van der Waals surface area (Å²) in [6, 6.07) is 8.54. The highest BCUT2D eigenvalue weighted by Crippen LogP contribution is 2.51. The molecule has 3 aliphatic rings. The van der Waals surface area contributed by atoms with Crippen LogP contribution in [-0.4, -0.2) is 70.5 Å². The summed E-state index contributed by atoms with van der Waals surface area (Å²) in [5.74, 6) is -1.44. The average molecular weight is 555 g/mol. The first-order chi connectivity index (χ1) is 19.4. The van der Waals surface area contributed by atoms with Crippen molar-refractivity contribution in [2.75, 3.05) is 20.3 Å². The number of rotatable bonds is 9. The molecule has 0 aromatic heterocycles. The summed E-state index contributed by atoms with van der Waals surface area (Å²) in [5, 5.41) is 33.6. The Hall–Kier alpha value is -3.47. The Bertz CT molecular complexity index is 1290. The summed E-state index contributed by atoms with van der Waals surface area (Å²) in [6.45, 7) is -0.620. The van der Waals surface area contributed by atoms with E-state index in [0.29, 0.717) is 41.0 Å². The fourth-order valence-corrected chi connectivity index (χ4v) is 6.17. The van der Waals surface area contributed by atoms with Crippen LogP contribution in [0.25, 0.3) is 0 Å². The molecule has 9 nitrogen and oxygen atoms in total. The van der Waals surface area contributed by atoms with E-state index >= 15 is 0 Å². The first-order valence-electron chi connectivity index (χ1n) is 13.7. The van der Waals surface area contributed by atoms with Crippen LogP contribution in [0.2, 0.25) is 0 Å². The summed E-state index contributed by atoms with van der Waals surface area (Å²) in [6.07, 6.45) is 2.60. The molecular weight excluding hydrogens is 519 g/mol. The van der Waals surface area contributed by atoms with Gasteiger partial charge in [0.25, 0.3) is 0 Å². The molecule has 2 aliphatic carbocycles. The van der Waals surface area contributed by atoms with Crippen molar-refractivity contribution >= 4 is 11.8 Å². The molecule has 40 heavy (non-hydrogen) atoms. The molecule has 1 fully saturated rings. The lowest BCUT2D eigenvalue weighted by molar-refractivity contribution is -0.142. The van der Waals surface area contributed by atoms with Gasteiger partial charge in [-0.3, -0.25) is 9.59 Å². The lowest BCUT2D eigenvalue weighted by Gasteiger charge is -2.41. The van der Waals surface area contributed by atoms with E-state index in [2.05, 4.69) is 5.32 Å². The van der Waals surface area contributed by atoms with E-state index in [1.807, 2.05) is 0 Å². The van der Waals surface area contributed by atoms with Crippen molar-refractivity contribution in [3.8, 4) is 11.5 Å². The quantitative estimate of drug-likeness (QED) is 0.374. The van der Waals surface area contributed by atoms with Crippen LogP contribution in [0.4, 0.5) is 4.39 Å². The highest BCUT2D eigenvalue weighted by Gasteiger charge is 2.52. The Morgan fingerprint density at radius 1 is 1.18 bits per heavy atom. The molecule has 0 radical (unpaired) electrons. The molecule has 1 aliphatic heterocycles. The molecule has 4 atom stereocenters. The zero-order chi connectivity index (χ0) is 28.4. The van der Waals surface area contributed by atoms with E-state index < -0.39 is 35.9 Å². The van der Waals surface area contributed by atoms with Crippen molar-refractivity contribution in [1.82, 2.24) is 10.2 Å². The number of fused-ring (bicyclic) bond motifs is 3. The Balaban J connectivity index is 1.61. The van der Waals surface area contributed by atoms with Gasteiger partial charge >= 0.3 is 0 Å². The van der Waals surface area contributed by atoms with Crippen molar-refractivity contribution < 1.29 is 38.8 Å². The number of methoxy groups -OCH3 is 1. The zero-order valence-electron chi connectivity index (χ0n) is 22.4. The molecule has 214 valence electrons. The number of amides is 2. The van der Waals surface area contributed by atoms with Gasteiger partial charge in [-0.1, -0.05) is 31.0 Å². The van der Waals surface area contributed by atoms with Crippen LogP contribution in [0.1, 0.15) is 48.3 Å². The Labute approximate surface area is 232 Å². The van der Waals surface area contributed by atoms with E-state index in [-0.39, 0.29) is 43.7 Å². The minimum atomic E-state index is -1.26. The maximum Gasteiger partial charge on any atom is 0.247 e. The van der Waals surface area contributed by atoms with Gasteiger partial charge in [-0.2, -0.15) is 0 Å². The number of aliphatic hydroxyl groups is 3. The third-order valence-corrected chi connectivity index (χ3v) is 8.14. The molecule has 10 heteroatoms. The third kappa shape index (κ3) is 5.18. The first-order valence-corrected chi connectivity index (χ1v) is 13.7. The molecule has 0 unspecified atom stereocenters. The van der Waals surface area contributed by atoms with Gasteiger partial charge in [0.05, 0.1) is 32.3 Å². The van der Waals surface area contributed by atoms with Crippen LogP contribution in [0.15, 0.2) is 48.0 Å². The number of benzene rings is 2. The zero-order valence-corrected chi connectivity index (χ0v) is 22.4. The predicted molar refractivity (Wildman–Crippen MR) is 143 cm³/mol. The number of aliphatic hydroxyl groups excluding tert-OH is 3. The minimum Gasteiger partial charge on any atom is -0.493 e. The third-order valence-electron chi connectivity index (χ3n) is 8.14. The van der Waals surface area contributed by atoms with Crippen molar-refractivity contribution in [3.63, 3.8) is 0 Å². The highest BCUT2D eigenvalue weighted by molar-refractivity contribution is 5.96. The molecule has 5 rings (SSSR count). The molecular formula is C30H35FN2O7. The van der Waals surface area contributed by atoms with E-state index in [4.69, 9.17) is 9.47 Å². The minimum absolute atomic E-state index is 0.00837. The molecule has 1 heterocycles. The van der Waals surface area contributed by atoms with Crippen molar-refractivity contribution in [3.05, 3.63) is 70.6 Å². The number of carbonyl (C=O) groups is 2. The Morgan fingerprint density at radius 3 is 2.60 bits per heavy atom. The molecule has 2 aromatic rings. The fraction of sp³-hybridized carbons (Fsp3) is 0.467. The summed E-state index contributed by atoms with van der Waals surface area (Å²) < 4.78 is 26.5. The van der Waals surface area contributed by atoms with Crippen molar-refractivity contribution in [2.24, 2.45) is 5.92 Å². The molecule has 1 saturated carbocycles. The van der Waals surface area contributed by atoms with E-state index in [1.54, 1.807) is 36.4 Å². The van der Waals surface area contributed by atoms with Crippen LogP contribution >= 0.6 is 0 Å². The van der Waals surface area contributed by atoms with Crippen LogP contribution in [-0.2, 0) is 22.7 Å². The van der Waals surface area contributed by atoms with Gasteiger partial charge in [-0.25, -0.2) is 4.39 Å². The summed E-state index contributed by atoms with van der Waals surface area (Å²) in [4.78, 5) is 28.8. The van der Waals surface area contributed by atoms with Crippen molar-refractivity contribution in [2.45, 2.75) is 63.0 Å². The number of hydrogen-bond donors (Lipinski definition) is 4. The molecule has 4 N–H and O–H groups in total. The number of ether oxygens (including phenoxy) is 2. The number of hydrogen-bond acceptors (Lipinski definition) is 7. The van der Waals surface area contributed by atoms with Crippen LogP contribution in [0, 0.1) is 11.7 Å². The number of carbonyl (C=O) groups excluding carboxylic acids is 2. The van der Waals surface area contributed by atoms with Gasteiger partial charge in [0.1, 0.15) is 18.0 Å². The van der Waals surface area contributed by atoms with Crippen LogP contribution in [0.5, 0.6) is 11.5 Å². The van der Waals surface area contributed by atoms with Crippen molar-refractivity contribution in [1.29, 1.82) is 0 Å². The first kappa shape index (κ1) is 28.1. The van der Waals surface area contributed by atoms with Gasteiger partial charge in [0, 0.05) is 35.7 Å². The highest BCUT2D eigenvalue weighted by atomic mass is 19.1. The van der Waals surface area contributed by atoms with Crippen LogP contribution < -0.4 is 14.8 Å². The molecule has 0 spiro atoms. The second-order valence-corrected chi connectivity index (χ2v) is 10.6. The van der Waals surface area contributed by atoms with E-state index in [9.17, 15) is 29.3 Å². The molecule has 0 bridgehead atoms. The topological polar surface area (TPSA) is 129 Å². The van der Waals surface area contributed by atoms with Gasteiger partial charge < -0.3 is 35.0 Å². The number of nitrogens with zero attached hydrogens (tertiary/aromatic N) is 1. The Kier molecular flexibility index (Phi) is 8.39.